The molecular weight excluding hydrogens is 318 g/mol. The number of sulfone groups is 1. The quantitative estimate of drug-likeness (QED) is 0.847. The average Bonchev–Trinajstić information content (AvgIpc) is 2.90. The van der Waals surface area contributed by atoms with Gasteiger partial charge in [-0.2, -0.15) is 0 Å². The molecule has 0 spiro atoms. The second kappa shape index (κ2) is 5.52. The van der Waals surface area contributed by atoms with Gasteiger partial charge in [-0.25, -0.2) is 8.42 Å². The van der Waals surface area contributed by atoms with E-state index in [1.165, 1.54) is 17.6 Å². The number of benzene rings is 1. The second-order valence-corrected chi connectivity index (χ2v) is 8.49. The Morgan fingerprint density at radius 3 is 2.68 bits per heavy atom. The zero-order valence-electron chi connectivity index (χ0n) is 12.5. The third-order valence-electron chi connectivity index (χ3n) is 3.90. The molecule has 0 fully saturated rings. The maximum atomic E-state index is 12.7. The van der Waals surface area contributed by atoms with Crippen LogP contribution in [0, 0.1) is 6.92 Å². The van der Waals surface area contributed by atoms with Gasteiger partial charge in [-0.3, -0.25) is 4.79 Å². The van der Waals surface area contributed by atoms with E-state index >= 15 is 0 Å². The standard InChI is InChI=1S/C16H17NO3S2/c1-11-7-9-21-15(11)16(18)17-8-3-4-12-10-13(22(2,19)20)5-6-14(12)17/h5-7,9-10H,3-4,8H2,1-2H3. The van der Waals surface area contributed by atoms with Gasteiger partial charge >= 0.3 is 0 Å². The van der Waals surface area contributed by atoms with E-state index in [-0.39, 0.29) is 5.91 Å². The van der Waals surface area contributed by atoms with Gasteiger partial charge in [0.25, 0.3) is 5.91 Å². The van der Waals surface area contributed by atoms with E-state index in [0.717, 1.165) is 34.5 Å². The minimum Gasteiger partial charge on any atom is -0.307 e. The van der Waals surface area contributed by atoms with Crippen LogP contribution in [-0.4, -0.2) is 27.1 Å². The molecule has 1 aliphatic rings. The molecule has 1 aromatic carbocycles. The van der Waals surface area contributed by atoms with Gasteiger partial charge in [0, 0.05) is 18.5 Å². The zero-order valence-corrected chi connectivity index (χ0v) is 14.1. The molecule has 2 heterocycles. The van der Waals surface area contributed by atoms with Crippen molar-refractivity contribution in [2.75, 3.05) is 17.7 Å². The molecule has 2 aromatic rings. The fourth-order valence-electron chi connectivity index (χ4n) is 2.73. The molecule has 0 saturated heterocycles. The van der Waals surface area contributed by atoms with Gasteiger partial charge in [-0.05, 0) is 60.5 Å². The minimum atomic E-state index is -3.23. The van der Waals surface area contributed by atoms with E-state index in [1.807, 2.05) is 18.4 Å². The molecular formula is C16H17NO3S2. The summed E-state index contributed by atoms with van der Waals surface area (Å²) in [6.07, 6.45) is 2.84. The van der Waals surface area contributed by atoms with E-state index in [2.05, 4.69) is 0 Å². The van der Waals surface area contributed by atoms with E-state index < -0.39 is 9.84 Å². The summed E-state index contributed by atoms with van der Waals surface area (Å²) in [5, 5.41) is 1.92. The van der Waals surface area contributed by atoms with Crippen molar-refractivity contribution >= 4 is 32.8 Å². The first kappa shape index (κ1) is 15.2. The number of thiophene rings is 1. The molecule has 1 aromatic heterocycles. The van der Waals surface area contributed by atoms with Crippen LogP contribution in [0.2, 0.25) is 0 Å². The van der Waals surface area contributed by atoms with Crippen LogP contribution in [0.25, 0.3) is 0 Å². The molecule has 3 rings (SSSR count). The topological polar surface area (TPSA) is 54.5 Å². The molecule has 4 nitrogen and oxygen atoms in total. The molecule has 0 bridgehead atoms. The number of hydrogen-bond donors (Lipinski definition) is 0. The van der Waals surface area contributed by atoms with Crippen molar-refractivity contribution in [2.45, 2.75) is 24.7 Å². The molecule has 6 heteroatoms. The Kier molecular flexibility index (Phi) is 3.82. The molecule has 0 N–H and O–H groups in total. The van der Waals surface area contributed by atoms with Crippen molar-refractivity contribution in [1.29, 1.82) is 0 Å². The molecule has 0 radical (unpaired) electrons. The van der Waals surface area contributed by atoms with E-state index in [0.29, 0.717) is 11.4 Å². The van der Waals surface area contributed by atoms with Gasteiger partial charge in [-0.15, -0.1) is 11.3 Å². The first-order valence-corrected chi connectivity index (χ1v) is 9.84. The molecule has 0 aliphatic carbocycles. The van der Waals surface area contributed by atoms with Crippen LogP contribution in [0.3, 0.4) is 0 Å². The first-order valence-electron chi connectivity index (χ1n) is 7.07. The molecule has 0 saturated carbocycles. The predicted octanol–water partition coefficient (Wildman–Crippen LogP) is 3.05. The van der Waals surface area contributed by atoms with Crippen LogP contribution in [0.1, 0.15) is 27.2 Å². The van der Waals surface area contributed by atoms with Crippen LogP contribution in [0.4, 0.5) is 5.69 Å². The number of amides is 1. The highest BCUT2D eigenvalue weighted by molar-refractivity contribution is 7.90. The number of anilines is 1. The van der Waals surface area contributed by atoms with E-state index in [1.54, 1.807) is 23.1 Å². The summed E-state index contributed by atoms with van der Waals surface area (Å²) < 4.78 is 23.4. The first-order chi connectivity index (χ1) is 10.4. The van der Waals surface area contributed by atoms with Gasteiger partial charge < -0.3 is 4.90 Å². The van der Waals surface area contributed by atoms with Crippen LogP contribution in [0.5, 0.6) is 0 Å². The number of carbonyl (C=O) groups excluding carboxylic acids is 1. The van der Waals surface area contributed by atoms with Gasteiger partial charge in [0.2, 0.25) is 0 Å². The smallest absolute Gasteiger partial charge is 0.268 e. The molecule has 1 aliphatic heterocycles. The lowest BCUT2D eigenvalue weighted by Crippen LogP contribution is -2.35. The number of carbonyl (C=O) groups is 1. The van der Waals surface area contributed by atoms with E-state index in [4.69, 9.17) is 0 Å². The fraction of sp³-hybridized carbons (Fsp3) is 0.312. The summed E-state index contributed by atoms with van der Waals surface area (Å²) in [4.78, 5) is 15.6. The Bertz CT molecular complexity index is 837. The number of nitrogens with zero attached hydrogens (tertiary/aromatic N) is 1. The number of rotatable bonds is 2. The Labute approximate surface area is 134 Å². The highest BCUT2D eigenvalue weighted by atomic mass is 32.2. The lowest BCUT2D eigenvalue weighted by atomic mass is 10.0. The number of hydrogen-bond acceptors (Lipinski definition) is 4. The van der Waals surface area contributed by atoms with Crippen molar-refractivity contribution < 1.29 is 13.2 Å². The van der Waals surface area contributed by atoms with Crippen LogP contribution < -0.4 is 4.90 Å². The van der Waals surface area contributed by atoms with Crippen molar-refractivity contribution in [2.24, 2.45) is 0 Å². The Balaban J connectivity index is 2.02. The summed E-state index contributed by atoms with van der Waals surface area (Å²) in [6, 6.07) is 6.98. The van der Waals surface area contributed by atoms with Crippen molar-refractivity contribution in [1.82, 2.24) is 0 Å². The lowest BCUT2D eigenvalue weighted by molar-refractivity contribution is 0.0988. The predicted molar refractivity (Wildman–Crippen MR) is 88.6 cm³/mol. The van der Waals surface area contributed by atoms with Gasteiger partial charge in [-0.1, -0.05) is 0 Å². The lowest BCUT2D eigenvalue weighted by Gasteiger charge is -2.29. The SMILES string of the molecule is Cc1ccsc1C(=O)N1CCCc2cc(S(C)(=O)=O)ccc21. The van der Waals surface area contributed by atoms with Crippen LogP contribution in [-0.2, 0) is 16.3 Å². The second-order valence-electron chi connectivity index (χ2n) is 5.56. The summed E-state index contributed by atoms with van der Waals surface area (Å²) in [6.45, 7) is 2.60. The van der Waals surface area contributed by atoms with Crippen molar-refractivity contribution in [3.63, 3.8) is 0 Å². The van der Waals surface area contributed by atoms with Crippen LogP contribution >= 0.6 is 11.3 Å². The maximum Gasteiger partial charge on any atom is 0.268 e. The molecule has 0 atom stereocenters. The Hall–Kier alpha value is -1.66. The third kappa shape index (κ3) is 2.68. The summed E-state index contributed by atoms with van der Waals surface area (Å²) in [5.74, 6) is 0.000514. The maximum absolute atomic E-state index is 12.7. The van der Waals surface area contributed by atoms with Crippen molar-refractivity contribution in [3.8, 4) is 0 Å². The normalized spacial score (nSPS) is 14.7. The van der Waals surface area contributed by atoms with Gasteiger partial charge in [0.1, 0.15) is 0 Å². The van der Waals surface area contributed by atoms with Gasteiger partial charge in [0.15, 0.2) is 9.84 Å². The molecule has 0 unspecified atom stereocenters. The molecule has 22 heavy (non-hydrogen) atoms. The summed E-state index contributed by atoms with van der Waals surface area (Å²) in [5.41, 5.74) is 2.74. The highest BCUT2D eigenvalue weighted by Crippen LogP contribution is 2.31. The largest absolute Gasteiger partial charge is 0.307 e. The van der Waals surface area contributed by atoms with Gasteiger partial charge in [0.05, 0.1) is 9.77 Å². The zero-order chi connectivity index (χ0) is 15.9. The fourth-order valence-corrected chi connectivity index (χ4v) is 4.27. The highest BCUT2D eigenvalue weighted by Gasteiger charge is 2.26. The minimum absolute atomic E-state index is 0.000514. The number of aryl methyl sites for hydroxylation is 2. The molecule has 1 amide bonds. The average molecular weight is 335 g/mol. The summed E-state index contributed by atoms with van der Waals surface area (Å²) >= 11 is 1.45. The Morgan fingerprint density at radius 2 is 2.05 bits per heavy atom. The third-order valence-corrected chi connectivity index (χ3v) is 6.01. The van der Waals surface area contributed by atoms with E-state index in [9.17, 15) is 13.2 Å². The van der Waals surface area contributed by atoms with Crippen LogP contribution in [0.15, 0.2) is 34.5 Å². The monoisotopic (exact) mass is 335 g/mol. The molecule has 116 valence electrons. The van der Waals surface area contributed by atoms with Crippen molar-refractivity contribution in [3.05, 3.63) is 45.6 Å². The number of fused-ring (bicyclic) bond motifs is 1. The Morgan fingerprint density at radius 1 is 1.27 bits per heavy atom. The summed E-state index contributed by atoms with van der Waals surface area (Å²) in [7, 11) is -3.23.